The lowest BCUT2D eigenvalue weighted by atomic mass is 10.1. The summed E-state index contributed by atoms with van der Waals surface area (Å²) in [5.74, 6) is 1.31. The maximum atomic E-state index is 5.39. The Labute approximate surface area is 55.3 Å². The van der Waals surface area contributed by atoms with E-state index < -0.39 is 0 Å². The van der Waals surface area contributed by atoms with Gasteiger partial charge in [0.25, 0.3) is 0 Å². The van der Waals surface area contributed by atoms with Crippen LogP contribution in [-0.2, 0) is 0 Å². The fourth-order valence-electron chi connectivity index (χ4n) is 1.05. The monoisotopic (exact) mass is 128 g/mol. The van der Waals surface area contributed by atoms with Gasteiger partial charge in [0.05, 0.1) is 4.99 Å². The van der Waals surface area contributed by atoms with Gasteiger partial charge in [-0.15, -0.1) is 0 Å². The van der Waals surface area contributed by atoms with Crippen LogP contribution in [-0.4, -0.2) is 4.99 Å². The number of hydrogen-bond acceptors (Lipinski definition) is 1. The average Bonchev–Trinajstić information content (AvgIpc) is 2.12. The van der Waals surface area contributed by atoms with E-state index in [1.807, 2.05) is 0 Å². The van der Waals surface area contributed by atoms with Crippen LogP contribution in [0.2, 0.25) is 0 Å². The lowest BCUT2D eigenvalue weighted by Crippen LogP contribution is -2.15. The topological polar surface area (TPSA) is 26.0 Å². The van der Waals surface area contributed by atoms with E-state index in [-0.39, 0.29) is 0 Å². The highest BCUT2D eigenvalue weighted by Crippen LogP contribution is 2.26. The first-order valence-electron chi connectivity index (χ1n) is 2.95. The second-order valence-corrected chi connectivity index (χ2v) is 2.61. The van der Waals surface area contributed by atoms with Gasteiger partial charge in [-0.1, -0.05) is 25.1 Å². The molecule has 0 aliphatic heterocycles. The average molecular weight is 128 g/mol. The molecule has 1 aliphatic carbocycles. The Morgan fingerprint density at radius 3 is 2.12 bits per heavy atom. The van der Waals surface area contributed by atoms with Crippen molar-refractivity contribution in [2.24, 2.45) is 5.73 Å². The molecule has 45 valence electrons. The highest BCUT2D eigenvalue weighted by Gasteiger charge is 2.17. The molecular weight excluding hydrogens is 118 g/mol. The molecule has 0 atom stereocenters. The van der Waals surface area contributed by atoms with E-state index in [1.165, 1.54) is 18.8 Å². The zero-order valence-corrected chi connectivity index (χ0v) is 5.63. The van der Waals surface area contributed by atoms with Gasteiger partial charge >= 0.3 is 0 Å². The minimum Gasteiger partial charge on any atom is -0.393 e. The largest absolute Gasteiger partial charge is 0.393 e. The molecule has 8 heavy (non-hydrogen) atoms. The van der Waals surface area contributed by atoms with Crippen LogP contribution in [0.1, 0.15) is 25.7 Å². The van der Waals surface area contributed by atoms with Gasteiger partial charge in [-0.2, -0.15) is 0 Å². The van der Waals surface area contributed by atoms with Gasteiger partial charge in [0.2, 0.25) is 0 Å². The van der Waals surface area contributed by atoms with E-state index in [0.717, 1.165) is 12.8 Å². The molecule has 0 saturated heterocycles. The molecule has 0 unspecified atom stereocenters. The summed E-state index contributed by atoms with van der Waals surface area (Å²) in [4.78, 5) is 0.641. The fourth-order valence-corrected chi connectivity index (χ4v) is 1.25. The molecule has 0 spiro atoms. The van der Waals surface area contributed by atoms with Crippen LogP contribution in [0, 0.1) is 5.92 Å². The number of rotatable bonds is 1. The summed E-state index contributed by atoms with van der Waals surface area (Å²) in [7, 11) is 0. The summed E-state index contributed by atoms with van der Waals surface area (Å²) in [5.41, 5.74) is 5.39. The molecular formula is C6H10NS. The van der Waals surface area contributed by atoms with Gasteiger partial charge in [-0.25, -0.2) is 0 Å². The second-order valence-electron chi connectivity index (χ2n) is 2.17. The molecule has 0 aromatic rings. The number of hydrogen-bond donors (Lipinski definition) is 1. The van der Waals surface area contributed by atoms with Crippen LogP contribution in [0.15, 0.2) is 0 Å². The van der Waals surface area contributed by atoms with Crippen LogP contribution in [0.3, 0.4) is 0 Å². The Hall–Kier alpha value is -0.110. The number of thiocarbonyl (C=S) groups is 1. The minimum absolute atomic E-state index is 0.641. The minimum atomic E-state index is 0.641. The molecule has 2 heteroatoms. The van der Waals surface area contributed by atoms with E-state index in [9.17, 15) is 0 Å². The summed E-state index contributed by atoms with van der Waals surface area (Å²) in [6, 6.07) is 0. The Morgan fingerprint density at radius 2 is 1.88 bits per heavy atom. The van der Waals surface area contributed by atoms with Gasteiger partial charge in [0.15, 0.2) is 0 Å². The molecule has 1 saturated carbocycles. The molecule has 0 bridgehead atoms. The Bertz CT molecular complexity index is 94.7. The predicted molar refractivity (Wildman–Crippen MR) is 38.5 cm³/mol. The predicted octanol–water partition coefficient (Wildman–Crippen LogP) is 1.42. The van der Waals surface area contributed by atoms with E-state index in [4.69, 9.17) is 18.0 Å². The van der Waals surface area contributed by atoms with Crippen molar-refractivity contribution in [1.82, 2.24) is 0 Å². The molecule has 0 amide bonds. The molecule has 1 radical (unpaired) electrons. The van der Waals surface area contributed by atoms with Crippen LogP contribution in [0.4, 0.5) is 0 Å². The lowest BCUT2D eigenvalue weighted by molar-refractivity contribution is 0.886. The van der Waals surface area contributed by atoms with Crippen molar-refractivity contribution >= 4 is 17.2 Å². The van der Waals surface area contributed by atoms with Crippen LogP contribution >= 0.6 is 12.2 Å². The molecule has 1 rings (SSSR count). The van der Waals surface area contributed by atoms with Gasteiger partial charge in [0, 0.05) is 5.92 Å². The maximum Gasteiger partial charge on any atom is 0.0799 e. The van der Waals surface area contributed by atoms with E-state index in [0.29, 0.717) is 4.99 Å². The van der Waals surface area contributed by atoms with E-state index in [2.05, 4.69) is 0 Å². The summed E-state index contributed by atoms with van der Waals surface area (Å²) in [5, 5.41) is 0. The van der Waals surface area contributed by atoms with Gasteiger partial charge < -0.3 is 5.73 Å². The molecule has 1 aliphatic rings. The summed E-state index contributed by atoms with van der Waals surface area (Å²) < 4.78 is 0. The summed E-state index contributed by atoms with van der Waals surface area (Å²) in [6.45, 7) is 0. The third-order valence-electron chi connectivity index (χ3n) is 1.56. The fraction of sp³-hybridized carbons (Fsp3) is 0.667. The van der Waals surface area contributed by atoms with Crippen molar-refractivity contribution in [1.29, 1.82) is 0 Å². The molecule has 0 heterocycles. The van der Waals surface area contributed by atoms with Crippen molar-refractivity contribution in [3.05, 3.63) is 5.92 Å². The molecule has 0 aromatic carbocycles. The SMILES string of the molecule is NC(=S)[C]1CCCC1. The second kappa shape index (κ2) is 2.44. The Kier molecular flexibility index (Phi) is 1.84. The lowest BCUT2D eigenvalue weighted by Gasteiger charge is -2.01. The first kappa shape index (κ1) is 6.02. The summed E-state index contributed by atoms with van der Waals surface area (Å²) in [6.07, 6.45) is 4.87. The molecule has 1 nitrogen and oxygen atoms in total. The van der Waals surface area contributed by atoms with Crippen LogP contribution < -0.4 is 5.73 Å². The van der Waals surface area contributed by atoms with E-state index in [1.54, 1.807) is 0 Å². The quantitative estimate of drug-likeness (QED) is 0.540. The van der Waals surface area contributed by atoms with Crippen molar-refractivity contribution in [3.8, 4) is 0 Å². The highest BCUT2D eigenvalue weighted by atomic mass is 32.1. The van der Waals surface area contributed by atoms with Crippen molar-refractivity contribution in [2.75, 3.05) is 0 Å². The smallest absolute Gasteiger partial charge is 0.0799 e. The molecule has 1 fully saturated rings. The Balaban J connectivity index is 2.35. The number of nitrogens with two attached hydrogens (primary N) is 1. The Morgan fingerprint density at radius 1 is 1.38 bits per heavy atom. The standard InChI is InChI=1S/C6H10NS/c7-6(8)5-3-1-2-4-5/h1-4H2,(H2,7,8). The highest BCUT2D eigenvalue weighted by molar-refractivity contribution is 7.80. The third kappa shape index (κ3) is 1.19. The van der Waals surface area contributed by atoms with Crippen molar-refractivity contribution in [2.45, 2.75) is 25.7 Å². The first-order chi connectivity index (χ1) is 3.80. The zero-order chi connectivity index (χ0) is 5.98. The molecule has 0 aromatic heterocycles. The van der Waals surface area contributed by atoms with Gasteiger partial charge in [-0.05, 0) is 12.8 Å². The third-order valence-corrected chi connectivity index (χ3v) is 1.84. The zero-order valence-electron chi connectivity index (χ0n) is 4.81. The van der Waals surface area contributed by atoms with Gasteiger partial charge in [-0.3, -0.25) is 0 Å². The summed E-state index contributed by atoms with van der Waals surface area (Å²) >= 11 is 4.80. The molecule has 2 N–H and O–H groups in total. The normalized spacial score (nSPS) is 21.5. The first-order valence-corrected chi connectivity index (χ1v) is 3.36. The van der Waals surface area contributed by atoms with Gasteiger partial charge in [0.1, 0.15) is 0 Å². The van der Waals surface area contributed by atoms with E-state index >= 15 is 0 Å². The van der Waals surface area contributed by atoms with Crippen LogP contribution in [0.5, 0.6) is 0 Å². The maximum absolute atomic E-state index is 5.39. The van der Waals surface area contributed by atoms with Crippen molar-refractivity contribution < 1.29 is 0 Å². The van der Waals surface area contributed by atoms with Crippen LogP contribution in [0.25, 0.3) is 0 Å². The van der Waals surface area contributed by atoms with Crippen molar-refractivity contribution in [3.63, 3.8) is 0 Å².